The van der Waals surface area contributed by atoms with E-state index in [4.69, 9.17) is 4.74 Å². The van der Waals surface area contributed by atoms with Crippen LogP contribution in [-0.4, -0.2) is 37.7 Å². The summed E-state index contributed by atoms with van der Waals surface area (Å²) in [4.78, 5) is 13.1. The van der Waals surface area contributed by atoms with E-state index in [0.29, 0.717) is 17.4 Å². The molecule has 3 aromatic carbocycles. The number of anilines is 2. The largest absolute Gasteiger partial charge is 0.492 e. The van der Waals surface area contributed by atoms with E-state index in [1.807, 2.05) is 31.2 Å². The summed E-state index contributed by atoms with van der Waals surface area (Å²) in [6.07, 6.45) is 0. The molecule has 0 bridgehead atoms. The number of hydrogen-bond donors (Lipinski definition) is 1. The van der Waals surface area contributed by atoms with Crippen molar-refractivity contribution >= 4 is 38.1 Å². The van der Waals surface area contributed by atoms with Crippen molar-refractivity contribution in [2.24, 2.45) is 0 Å². The van der Waals surface area contributed by atoms with E-state index in [0.717, 1.165) is 15.4 Å². The molecule has 0 fully saturated rings. The monoisotopic (exact) mass is 508 g/mol. The van der Waals surface area contributed by atoms with Gasteiger partial charge >= 0.3 is 0 Å². The van der Waals surface area contributed by atoms with Crippen molar-refractivity contribution in [3.8, 4) is 16.3 Å². The Kier molecular flexibility index (Phi) is 7.42. The van der Waals surface area contributed by atoms with Crippen LogP contribution in [0.25, 0.3) is 10.6 Å². The van der Waals surface area contributed by atoms with Gasteiger partial charge in [0.05, 0.1) is 17.2 Å². The zero-order valence-electron chi connectivity index (χ0n) is 19.2. The molecule has 8 nitrogen and oxygen atoms in total. The lowest BCUT2D eigenvalue weighted by Crippen LogP contribution is -2.38. The first-order valence-electron chi connectivity index (χ1n) is 10.9. The zero-order chi connectivity index (χ0) is 24.8. The van der Waals surface area contributed by atoms with Gasteiger partial charge in [0.25, 0.3) is 10.0 Å². The van der Waals surface area contributed by atoms with E-state index in [9.17, 15) is 13.2 Å². The highest BCUT2D eigenvalue weighted by Gasteiger charge is 2.29. The maximum Gasteiger partial charge on any atom is 0.264 e. The highest BCUT2D eigenvalue weighted by atomic mass is 32.2. The minimum Gasteiger partial charge on any atom is -0.492 e. The molecule has 4 rings (SSSR count). The Morgan fingerprint density at radius 2 is 1.66 bits per heavy atom. The number of hydrogen-bond acceptors (Lipinski definition) is 7. The second-order valence-electron chi connectivity index (χ2n) is 7.55. The molecule has 1 N–H and O–H groups in total. The number of para-hydroxylation sites is 2. The fourth-order valence-electron chi connectivity index (χ4n) is 3.34. The van der Waals surface area contributed by atoms with E-state index in [-0.39, 0.29) is 15.7 Å². The van der Waals surface area contributed by atoms with Gasteiger partial charge in [0.15, 0.2) is 0 Å². The van der Waals surface area contributed by atoms with Gasteiger partial charge in [0.2, 0.25) is 11.0 Å². The van der Waals surface area contributed by atoms with Crippen molar-refractivity contribution in [1.82, 2.24) is 10.2 Å². The normalized spacial score (nSPS) is 11.1. The maximum absolute atomic E-state index is 13.6. The summed E-state index contributed by atoms with van der Waals surface area (Å²) >= 11 is 1.21. The highest BCUT2D eigenvalue weighted by molar-refractivity contribution is 7.92. The molecular formula is C25H24N4O4S2. The van der Waals surface area contributed by atoms with Crippen LogP contribution in [-0.2, 0) is 14.8 Å². The van der Waals surface area contributed by atoms with Crippen molar-refractivity contribution in [2.45, 2.75) is 18.7 Å². The van der Waals surface area contributed by atoms with Gasteiger partial charge in [-0.3, -0.25) is 14.4 Å². The first-order chi connectivity index (χ1) is 16.9. The Labute approximate surface area is 208 Å². The van der Waals surface area contributed by atoms with Gasteiger partial charge in [-0.15, -0.1) is 10.2 Å². The van der Waals surface area contributed by atoms with Crippen LogP contribution in [0.3, 0.4) is 0 Å². The molecule has 35 heavy (non-hydrogen) atoms. The molecule has 10 heteroatoms. The summed E-state index contributed by atoms with van der Waals surface area (Å²) in [7, 11) is -4.06. The lowest BCUT2D eigenvalue weighted by Gasteiger charge is -2.25. The predicted molar refractivity (Wildman–Crippen MR) is 137 cm³/mol. The molecule has 0 radical (unpaired) electrons. The van der Waals surface area contributed by atoms with Crippen LogP contribution in [0.15, 0.2) is 83.8 Å². The summed E-state index contributed by atoms with van der Waals surface area (Å²) in [5.74, 6) is -0.192. The van der Waals surface area contributed by atoms with Gasteiger partial charge in [-0.1, -0.05) is 71.5 Å². The number of carbonyl (C=O) groups excluding carboxylic acids is 1. The average Bonchev–Trinajstić information content (AvgIpc) is 3.32. The molecule has 180 valence electrons. The molecule has 0 aliphatic rings. The number of rotatable bonds is 9. The van der Waals surface area contributed by atoms with E-state index in [1.54, 1.807) is 49.4 Å². The first kappa shape index (κ1) is 24.4. The van der Waals surface area contributed by atoms with Crippen LogP contribution in [0.5, 0.6) is 5.75 Å². The summed E-state index contributed by atoms with van der Waals surface area (Å²) in [5, 5.41) is 11.8. The molecule has 0 atom stereocenters. The topological polar surface area (TPSA) is 101 Å². The minimum absolute atomic E-state index is 0.0664. The van der Waals surface area contributed by atoms with E-state index < -0.39 is 22.5 Å². The molecule has 4 aromatic rings. The van der Waals surface area contributed by atoms with E-state index in [2.05, 4.69) is 15.5 Å². The van der Waals surface area contributed by atoms with Gasteiger partial charge in [0.1, 0.15) is 17.3 Å². The predicted octanol–water partition coefficient (Wildman–Crippen LogP) is 4.75. The number of carbonyl (C=O) groups is 1. The average molecular weight is 509 g/mol. The summed E-state index contributed by atoms with van der Waals surface area (Å²) in [6, 6.07) is 22.5. The van der Waals surface area contributed by atoms with Crippen molar-refractivity contribution < 1.29 is 17.9 Å². The van der Waals surface area contributed by atoms with Gasteiger partial charge in [-0.2, -0.15) is 0 Å². The second-order valence-corrected chi connectivity index (χ2v) is 10.4. The molecule has 1 amide bonds. The number of benzene rings is 3. The van der Waals surface area contributed by atoms with Crippen LogP contribution < -0.4 is 14.4 Å². The summed E-state index contributed by atoms with van der Waals surface area (Å²) in [6.45, 7) is 3.67. The van der Waals surface area contributed by atoms with Crippen molar-refractivity contribution in [2.75, 3.05) is 22.8 Å². The molecule has 1 heterocycles. The third-order valence-corrected chi connectivity index (χ3v) is 7.68. The first-order valence-corrected chi connectivity index (χ1v) is 13.1. The standard InChI is InChI=1S/C25H24N4O4S2/c1-3-33-22-12-8-7-11-21(22)29(35(31,32)20-9-5-4-6-10-20)17-23(30)26-25-28-27-24(34-25)19-15-13-18(2)14-16-19/h4-16H,3,17H2,1-2H3,(H,26,28,30). The Morgan fingerprint density at radius 3 is 2.37 bits per heavy atom. The number of sulfonamides is 1. The Balaban J connectivity index is 1.61. The maximum atomic E-state index is 13.6. The van der Waals surface area contributed by atoms with Gasteiger partial charge in [-0.05, 0) is 38.1 Å². The Hall–Kier alpha value is -3.76. The van der Waals surface area contributed by atoms with Crippen LogP contribution in [0.1, 0.15) is 12.5 Å². The molecule has 0 spiro atoms. The third kappa shape index (κ3) is 5.67. The number of aromatic nitrogens is 2. The Bertz CT molecular complexity index is 1400. The quantitative estimate of drug-likeness (QED) is 0.350. The fraction of sp³-hybridized carbons (Fsp3) is 0.160. The molecular weight excluding hydrogens is 484 g/mol. The number of ether oxygens (including phenoxy) is 1. The number of amides is 1. The number of nitrogens with one attached hydrogen (secondary N) is 1. The van der Waals surface area contributed by atoms with Crippen LogP contribution in [0, 0.1) is 6.92 Å². The summed E-state index contributed by atoms with van der Waals surface area (Å²) in [5.41, 5.74) is 2.28. The molecule has 0 unspecified atom stereocenters. The van der Waals surface area contributed by atoms with Crippen LogP contribution >= 0.6 is 11.3 Å². The lowest BCUT2D eigenvalue weighted by atomic mass is 10.2. The van der Waals surface area contributed by atoms with Crippen LogP contribution in [0.4, 0.5) is 10.8 Å². The highest BCUT2D eigenvalue weighted by Crippen LogP contribution is 2.33. The molecule has 1 aromatic heterocycles. The summed E-state index contributed by atoms with van der Waals surface area (Å²) < 4.78 is 33.8. The molecule has 0 aliphatic carbocycles. The fourth-order valence-corrected chi connectivity index (χ4v) is 5.55. The van der Waals surface area contributed by atoms with E-state index in [1.165, 1.54) is 23.5 Å². The molecule has 0 aliphatic heterocycles. The van der Waals surface area contributed by atoms with Crippen molar-refractivity contribution in [3.63, 3.8) is 0 Å². The van der Waals surface area contributed by atoms with Gasteiger partial charge in [0, 0.05) is 5.56 Å². The molecule has 0 saturated heterocycles. The van der Waals surface area contributed by atoms with Gasteiger partial charge < -0.3 is 4.74 Å². The number of nitrogens with zero attached hydrogens (tertiary/aromatic N) is 3. The van der Waals surface area contributed by atoms with Crippen molar-refractivity contribution in [3.05, 3.63) is 84.4 Å². The SMILES string of the molecule is CCOc1ccccc1N(CC(=O)Nc1nnc(-c2ccc(C)cc2)s1)S(=O)(=O)c1ccccc1. The van der Waals surface area contributed by atoms with Gasteiger partial charge in [-0.25, -0.2) is 8.42 Å². The Morgan fingerprint density at radius 1 is 0.971 bits per heavy atom. The number of aryl methyl sites for hydroxylation is 1. The smallest absolute Gasteiger partial charge is 0.264 e. The second kappa shape index (κ2) is 10.7. The lowest BCUT2D eigenvalue weighted by molar-refractivity contribution is -0.114. The third-order valence-electron chi connectivity index (χ3n) is 5.02. The van der Waals surface area contributed by atoms with Crippen molar-refractivity contribution in [1.29, 1.82) is 0 Å². The molecule has 0 saturated carbocycles. The van der Waals surface area contributed by atoms with E-state index >= 15 is 0 Å². The minimum atomic E-state index is -4.06. The van der Waals surface area contributed by atoms with Crippen LogP contribution in [0.2, 0.25) is 0 Å². The zero-order valence-corrected chi connectivity index (χ0v) is 20.8.